The minimum atomic E-state index is 0. The van der Waals surface area contributed by atoms with Gasteiger partial charge in [0.2, 0.25) is 0 Å². The molecule has 41 heavy (non-hydrogen) atoms. The first-order valence-electron chi connectivity index (χ1n) is 17.4. The standard InChI is InChI=1S/2C18H37.3O.2Ti/c2*1-3-5-7-9-11-13-15-17-18-16-14-12-10-8-6-4-2;;;;;/h2*1,3-18H2,2H3;;;;;/q2*-1;3*-2;2*+4. The molecule has 0 atom stereocenters. The molecule has 0 fully saturated rings. The second-order valence-corrected chi connectivity index (χ2v) is 11.6. The van der Waals surface area contributed by atoms with E-state index in [9.17, 15) is 0 Å². The van der Waals surface area contributed by atoms with Crippen LogP contribution in [0.25, 0.3) is 0 Å². The summed E-state index contributed by atoms with van der Waals surface area (Å²) in [5.74, 6) is 0. The molecule has 0 spiro atoms. The molecule has 0 aliphatic heterocycles. The van der Waals surface area contributed by atoms with E-state index in [0.717, 1.165) is 12.8 Å². The number of unbranched alkanes of at least 4 members (excludes halogenated alkanes) is 30. The first-order valence-corrected chi connectivity index (χ1v) is 17.4. The van der Waals surface area contributed by atoms with Crippen molar-refractivity contribution in [3.8, 4) is 0 Å². The van der Waals surface area contributed by atoms with Gasteiger partial charge in [-0.1, -0.05) is 206 Å². The number of hydrogen-bond acceptors (Lipinski definition) is 0. The van der Waals surface area contributed by atoms with Crippen LogP contribution in [0.15, 0.2) is 0 Å². The van der Waals surface area contributed by atoms with E-state index in [1.165, 1.54) is 193 Å². The molecule has 0 heterocycles. The van der Waals surface area contributed by atoms with Crippen LogP contribution in [0.3, 0.4) is 0 Å². The molecule has 0 amide bonds. The van der Waals surface area contributed by atoms with Gasteiger partial charge >= 0.3 is 43.4 Å². The molecule has 3 nitrogen and oxygen atoms in total. The summed E-state index contributed by atoms with van der Waals surface area (Å²) >= 11 is 0. The first kappa shape index (κ1) is 57.9. The Hall–Kier alpha value is 1.31. The van der Waals surface area contributed by atoms with Crippen LogP contribution in [0, 0.1) is 13.8 Å². The van der Waals surface area contributed by atoms with Crippen LogP contribution in [-0.2, 0) is 59.9 Å². The van der Waals surface area contributed by atoms with Crippen LogP contribution in [0.5, 0.6) is 0 Å². The molecule has 244 valence electrons. The second-order valence-electron chi connectivity index (χ2n) is 11.6. The summed E-state index contributed by atoms with van der Waals surface area (Å²) in [6.45, 7) is 12.4. The van der Waals surface area contributed by atoms with Crippen molar-refractivity contribution in [3.05, 3.63) is 13.8 Å². The van der Waals surface area contributed by atoms with Crippen LogP contribution in [-0.4, -0.2) is 0 Å². The Balaban J connectivity index is -0.000000101. The average Bonchev–Trinajstić information content (AvgIpc) is 2.89. The zero-order valence-electron chi connectivity index (χ0n) is 28.3. The van der Waals surface area contributed by atoms with Crippen molar-refractivity contribution in [1.82, 2.24) is 0 Å². The van der Waals surface area contributed by atoms with Gasteiger partial charge in [-0.2, -0.15) is 12.8 Å². The van der Waals surface area contributed by atoms with Gasteiger partial charge < -0.3 is 30.3 Å². The summed E-state index contributed by atoms with van der Waals surface area (Å²) in [5, 5.41) is 0. The fraction of sp³-hybridized carbons (Fsp3) is 0.944. The topological polar surface area (TPSA) is 85.5 Å². The Labute approximate surface area is 291 Å². The average molecular weight is 651 g/mol. The maximum absolute atomic E-state index is 3.88. The van der Waals surface area contributed by atoms with Crippen LogP contribution in [0.1, 0.15) is 219 Å². The zero-order valence-corrected chi connectivity index (χ0v) is 31.4. The quantitative estimate of drug-likeness (QED) is 0.0421. The monoisotopic (exact) mass is 650 g/mol. The van der Waals surface area contributed by atoms with Crippen LogP contribution < -0.4 is 0 Å². The molecule has 0 rings (SSSR count). The predicted octanol–water partition coefficient (Wildman–Crippen LogP) is 13.8. The van der Waals surface area contributed by atoms with Gasteiger partial charge in [0.25, 0.3) is 0 Å². The zero-order chi connectivity index (χ0) is 26.6. The van der Waals surface area contributed by atoms with E-state index < -0.39 is 0 Å². The minimum absolute atomic E-state index is 0. The van der Waals surface area contributed by atoms with Crippen molar-refractivity contribution >= 4 is 0 Å². The van der Waals surface area contributed by atoms with Gasteiger partial charge in [0.1, 0.15) is 0 Å². The Kier molecular flexibility index (Phi) is 85.4. The van der Waals surface area contributed by atoms with E-state index in [-0.39, 0.29) is 59.9 Å². The summed E-state index contributed by atoms with van der Waals surface area (Å²) in [5.41, 5.74) is 0. The van der Waals surface area contributed by atoms with E-state index >= 15 is 0 Å². The molecule has 0 saturated heterocycles. The predicted molar refractivity (Wildman–Crippen MR) is 172 cm³/mol. The molecule has 0 saturated carbocycles. The third kappa shape index (κ3) is 65.1. The van der Waals surface area contributed by atoms with Gasteiger partial charge in [0, 0.05) is 0 Å². The molecule has 0 unspecified atom stereocenters. The van der Waals surface area contributed by atoms with E-state index in [0.29, 0.717) is 0 Å². The van der Waals surface area contributed by atoms with Gasteiger partial charge in [-0.3, -0.25) is 0 Å². The van der Waals surface area contributed by atoms with Crippen molar-refractivity contribution in [2.45, 2.75) is 219 Å². The summed E-state index contributed by atoms with van der Waals surface area (Å²) < 4.78 is 0. The minimum Gasteiger partial charge on any atom is -2.00 e. The largest absolute Gasteiger partial charge is 4.00 e. The summed E-state index contributed by atoms with van der Waals surface area (Å²) in [6.07, 6.45) is 45.6. The molecule has 0 N–H and O–H groups in total. The molecule has 0 bridgehead atoms. The van der Waals surface area contributed by atoms with Gasteiger partial charge in [0.05, 0.1) is 0 Å². The van der Waals surface area contributed by atoms with Crippen LogP contribution in [0.2, 0.25) is 0 Å². The molecule has 0 aliphatic carbocycles. The SMILES string of the molecule is [CH2-]CCCCCCCCCCCCCCCCC.[CH2-]CCCCCCCCCCCCCCCCC.[O-2].[O-2].[O-2].[Ti+4].[Ti+4]. The Morgan fingerprint density at radius 3 is 0.488 bits per heavy atom. The molecule has 0 aromatic carbocycles. The molecular formula is C36H74O3Ti2. The maximum atomic E-state index is 3.88. The van der Waals surface area contributed by atoms with E-state index in [1.54, 1.807) is 0 Å². The van der Waals surface area contributed by atoms with Crippen molar-refractivity contribution in [2.24, 2.45) is 0 Å². The summed E-state index contributed by atoms with van der Waals surface area (Å²) in [7, 11) is 0. The van der Waals surface area contributed by atoms with E-state index in [2.05, 4.69) is 27.7 Å². The van der Waals surface area contributed by atoms with E-state index in [1.807, 2.05) is 0 Å². The Morgan fingerprint density at radius 2 is 0.366 bits per heavy atom. The molecule has 0 aromatic heterocycles. The third-order valence-corrected chi connectivity index (χ3v) is 7.71. The normalized spacial score (nSPS) is 9.66. The van der Waals surface area contributed by atoms with Crippen molar-refractivity contribution in [2.75, 3.05) is 0 Å². The van der Waals surface area contributed by atoms with Gasteiger partial charge in [-0.15, -0.1) is 0 Å². The van der Waals surface area contributed by atoms with Gasteiger partial charge in [-0.25, -0.2) is 0 Å². The Morgan fingerprint density at radius 1 is 0.244 bits per heavy atom. The third-order valence-electron chi connectivity index (χ3n) is 7.71. The summed E-state index contributed by atoms with van der Waals surface area (Å²) in [4.78, 5) is 0. The number of hydrogen-bond donors (Lipinski definition) is 0. The maximum Gasteiger partial charge on any atom is 4.00 e. The molecule has 0 radical (unpaired) electrons. The summed E-state index contributed by atoms with van der Waals surface area (Å²) in [6, 6.07) is 0. The molecule has 5 heteroatoms. The number of rotatable bonds is 30. The molecule has 0 aromatic rings. The fourth-order valence-electron chi connectivity index (χ4n) is 5.10. The molecular weight excluding hydrogens is 576 g/mol. The van der Waals surface area contributed by atoms with Crippen LogP contribution in [0.4, 0.5) is 0 Å². The van der Waals surface area contributed by atoms with Crippen LogP contribution >= 0.6 is 0 Å². The van der Waals surface area contributed by atoms with Gasteiger partial charge in [-0.05, 0) is 0 Å². The van der Waals surface area contributed by atoms with Crippen molar-refractivity contribution in [3.63, 3.8) is 0 Å². The fourth-order valence-corrected chi connectivity index (χ4v) is 5.10. The second kappa shape index (κ2) is 60.5. The Bertz CT molecular complexity index is 283. The molecule has 0 aliphatic rings. The smallest absolute Gasteiger partial charge is 2.00 e. The van der Waals surface area contributed by atoms with Crippen molar-refractivity contribution < 1.29 is 59.9 Å². The van der Waals surface area contributed by atoms with Gasteiger partial charge in [0.15, 0.2) is 0 Å². The van der Waals surface area contributed by atoms with E-state index in [4.69, 9.17) is 0 Å². The first-order chi connectivity index (χ1) is 17.8. The van der Waals surface area contributed by atoms with Crippen molar-refractivity contribution in [1.29, 1.82) is 0 Å².